The second-order valence-electron chi connectivity index (χ2n) is 6.02. The highest BCUT2D eigenvalue weighted by Crippen LogP contribution is 2.16. The molecular weight excluding hydrogens is 276 g/mol. The summed E-state index contributed by atoms with van der Waals surface area (Å²) >= 11 is 0. The number of amides is 1. The van der Waals surface area contributed by atoms with Crippen LogP contribution in [0.1, 0.15) is 31.7 Å². The summed E-state index contributed by atoms with van der Waals surface area (Å²) in [5, 5.41) is 2.76. The van der Waals surface area contributed by atoms with Crippen LogP contribution in [0.25, 0.3) is 0 Å². The summed E-state index contributed by atoms with van der Waals surface area (Å²) < 4.78 is 0. The van der Waals surface area contributed by atoms with Gasteiger partial charge in [0.2, 0.25) is 11.9 Å². The highest BCUT2D eigenvalue weighted by molar-refractivity contribution is 6.14. The number of piperidine rings is 1. The number of carbonyl (C=O) groups is 1. The van der Waals surface area contributed by atoms with Gasteiger partial charge in [-0.05, 0) is 25.3 Å². The Bertz CT molecular complexity index is 586. The highest BCUT2D eigenvalue weighted by atomic mass is 16.1. The minimum atomic E-state index is -0.00670. The smallest absolute Gasteiger partial charge is 0.232 e. The van der Waals surface area contributed by atoms with Crippen LogP contribution in [-0.4, -0.2) is 41.6 Å². The summed E-state index contributed by atoms with van der Waals surface area (Å²) in [5.41, 5.74) is 2.19. The van der Waals surface area contributed by atoms with Crippen molar-refractivity contribution in [2.24, 2.45) is 9.98 Å². The number of hydrogen-bond donors (Lipinski definition) is 1. The molecule has 1 aromatic rings. The predicted molar refractivity (Wildman–Crippen MR) is 88.0 cm³/mol. The van der Waals surface area contributed by atoms with Gasteiger partial charge in [0, 0.05) is 25.3 Å². The van der Waals surface area contributed by atoms with Crippen molar-refractivity contribution >= 4 is 17.6 Å². The normalized spacial score (nSPS) is 22.5. The highest BCUT2D eigenvalue weighted by Gasteiger charge is 2.21. The summed E-state index contributed by atoms with van der Waals surface area (Å²) in [6.07, 6.45) is 2.41. The van der Waals surface area contributed by atoms with Crippen LogP contribution >= 0.6 is 0 Å². The lowest BCUT2D eigenvalue weighted by Crippen LogP contribution is -2.39. The minimum Gasteiger partial charge on any atom is -0.299 e. The second kappa shape index (κ2) is 6.83. The molecule has 1 fully saturated rings. The third kappa shape index (κ3) is 4.01. The van der Waals surface area contributed by atoms with Crippen molar-refractivity contribution in [3.63, 3.8) is 0 Å². The van der Waals surface area contributed by atoms with E-state index in [1.54, 1.807) is 0 Å². The van der Waals surface area contributed by atoms with Crippen molar-refractivity contribution in [1.82, 2.24) is 10.2 Å². The molecule has 1 N–H and O–H groups in total. The van der Waals surface area contributed by atoms with Gasteiger partial charge in [0.15, 0.2) is 0 Å². The molecule has 0 spiro atoms. The van der Waals surface area contributed by atoms with Crippen LogP contribution in [-0.2, 0) is 11.3 Å². The predicted octanol–water partition coefficient (Wildman–Crippen LogP) is 1.99. The molecule has 0 aliphatic carbocycles. The number of carbonyl (C=O) groups excluding carboxylic acids is 1. The molecule has 0 atom stereocenters. The van der Waals surface area contributed by atoms with Crippen LogP contribution < -0.4 is 5.32 Å². The van der Waals surface area contributed by atoms with Gasteiger partial charge in [0.1, 0.15) is 0 Å². The Morgan fingerprint density at radius 2 is 2.00 bits per heavy atom. The number of likely N-dealkylation sites (tertiary alicyclic amines) is 1. The Morgan fingerprint density at radius 1 is 1.27 bits per heavy atom. The number of guanidine groups is 1. The van der Waals surface area contributed by atoms with Crippen LogP contribution in [0.3, 0.4) is 0 Å². The van der Waals surface area contributed by atoms with E-state index in [0.29, 0.717) is 12.4 Å². The van der Waals surface area contributed by atoms with Crippen LogP contribution in [0.5, 0.6) is 0 Å². The van der Waals surface area contributed by atoms with Crippen molar-refractivity contribution in [2.75, 3.05) is 13.1 Å². The lowest BCUT2D eigenvalue weighted by molar-refractivity contribution is -0.118. The van der Waals surface area contributed by atoms with E-state index in [9.17, 15) is 4.79 Å². The minimum absolute atomic E-state index is 0.00670. The van der Waals surface area contributed by atoms with Crippen LogP contribution in [0.4, 0.5) is 0 Å². The van der Waals surface area contributed by atoms with Crippen molar-refractivity contribution in [3.05, 3.63) is 35.9 Å². The summed E-state index contributed by atoms with van der Waals surface area (Å²) in [6.45, 7) is 4.94. The maximum atomic E-state index is 11.5. The Hall–Kier alpha value is -2.01. The van der Waals surface area contributed by atoms with Crippen molar-refractivity contribution in [2.45, 2.75) is 38.8 Å². The van der Waals surface area contributed by atoms with Gasteiger partial charge in [-0.2, -0.15) is 0 Å². The average molecular weight is 298 g/mol. The van der Waals surface area contributed by atoms with Gasteiger partial charge in [-0.25, -0.2) is 9.98 Å². The molecule has 1 aromatic carbocycles. The SMILES string of the molecule is CC1=NC(=NC2CCN(Cc3ccccc3)CC2)NC(=O)C1. The van der Waals surface area contributed by atoms with Crippen molar-refractivity contribution in [3.8, 4) is 0 Å². The number of nitrogens with one attached hydrogen (secondary N) is 1. The number of rotatable bonds is 3. The zero-order valence-electron chi connectivity index (χ0n) is 13.0. The van der Waals surface area contributed by atoms with Gasteiger partial charge in [-0.1, -0.05) is 30.3 Å². The molecule has 1 saturated heterocycles. The zero-order valence-corrected chi connectivity index (χ0v) is 13.0. The third-order valence-corrected chi connectivity index (χ3v) is 4.08. The number of hydrogen-bond acceptors (Lipinski definition) is 3. The first-order valence-corrected chi connectivity index (χ1v) is 7.87. The molecule has 0 saturated carbocycles. The van der Waals surface area contributed by atoms with Gasteiger partial charge in [0.25, 0.3) is 0 Å². The first-order valence-electron chi connectivity index (χ1n) is 7.87. The quantitative estimate of drug-likeness (QED) is 0.928. The number of benzene rings is 1. The summed E-state index contributed by atoms with van der Waals surface area (Å²) in [4.78, 5) is 22.9. The standard InChI is InChI=1S/C17H22N4O/c1-13-11-16(22)20-17(18-13)19-15-7-9-21(10-8-15)12-14-5-3-2-4-6-14/h2-6,15H,7-12H2,1H3,(H,19,20,22). The monoisotopic (exact) mass is 298 g/mol. The van der Waals surface area contributed by atoms with Gasteiger partial charge in [0.05, 0.1) is 12.5 Å². The molecule has 2 heterocycles. The Labute approximate surface area is 131 Å². The van der Waals surface area contributed by atoms with Gasteiger partial charge in [-0.3, -0.25) is 15.0 Å². The fourth-order valence-electron chi connectivity index (χ4n) is 2.93. The molecule has 2 aliphatic rings. The summed E-state index contributed by atoms with van der Waals surface area (Å²) in [7, 11) is 0. The molecule has 0 unspecified atom stereocenters. The first-order chi connectivity index (χ1) is 10.7. The average Bonchev–Trinajstić information content (AvgIpc) is 2.49. The molecule has 0 aromatic heterocycles. The molecule has 2 aliphatic heterocycles. The number of aliphatic imine (C=N–C) groups is 2. The largest absolute Gasteiger partial charge is 0.299 e. The van der Waals surface area contributed by atoms with Gasteiger partial charge >= 0.3 is 0 Å². The molecule has 5 heteroatoms. The van der Waals surface area contributed by atoms with Crippen LogP contribution in [0, 0.1) is 0 Å². The molecule has 3 rings (SSSR count). The van der Waals surface area contributed by atoms with E-state index < -0.39 is 0 Å². The van der Waals surface area contributed by atoms with E-state index >= 15 is 0 Å². The molecule has 22 heavy (non-hydrogen) atoms. The van der Waals surface area contributed by atoms with Crippen LogP contribution in [0.15, 0.2) is 40.3 Å². The lowest BCUT2D eigenvalue weighted by atomic mass is 10.0. The van der Waals surface area contributed by atoms with E-state index in [1.807, 2.05) is 13.0 Å². The third-order valence-electron chi connectivity index (χ3n) is 4.08. The lowest BCUT2D eigenvalue weighted by Gasteiger charge is -2.30. The summed E-state index contributed by atoms with van der Waals surface area (Å²) in [5.74, 6) is 0.489. The fraction of sp³-hybridized carbons (Fsp3) is 0.471. The molecule has 0 bridgehead atoms. The van der Waals surface area contributed by atoms with Gasteiger partial charge < -0.3 is 0 Å². The molecule has 0 radical (unpaired) electrons. The zero-order chi connectivity index (χ0) is 15.4. The Kier molecular flexibility index (Phi) is 4.63. The van der Waals surface area contributed by atoms with Crippen LogP contribution in [0.2, 0.25) is 0 Å². The molecule has 116 valence electrons. The summed E-state index contributed by atoms with van der Waals surface area (Å²) in [6, 6.07) is 10.8. The van der Waals surface area contributed by atoms with E-state index in [0.717, 1.165) is 38.2 Å². The van der Waals surface area contributed by atoms with E-state index in [-0.39, 0.29) is 11.9 Å². The topological polar surface area (TPSA) is 57.1 Å². The van der Waals surface area contributed by atoms with Crippen molar-refractivity contribution < 1.29 is 4.79 Å². The Balaban J connectivity index is 1.54. The second-order valence-corrected chi connectivity index (χ2v) is 6.02. The fourth-order valence-corrected chi connectivity index (χ4v) is 2.93. The molecular formula is C17H22N4O. The molecule has 1 amide bonds. The van der Waals surface area contributed by atoms with E-state index in [2.05, 4.69) is 44.5 Å². The maximum Gasteiger partial charge on any atom is 0.232 e. The van der Waals surface area contributed by atoms with E-state index in [4.69, 9.17) is 0 Å². The number of nitrogens with zero attached hydrogens (tertiary/aromatic N) is 3. The Morgan fingerprint density at radius 3 is 2.68 bits per heavy atom. The van der Waals surface area contributed by atoms with E-state index in [1.165, 1.54) is 5.56 Å². The molecule has 5 nitrogen and oxygen atoms in total. The van der Waals surface area contributed by atoms with Crippen molar-refractivity contribution in [1.29, 1.82) is 0 Å². The van der Waals surface area contributed by atoms with Gasteiger partial charge in [-0.15, -0.1) is 0 Å². The maximum absolute atomic E-state index is 11.5. The first kappa shape index (κ1) is 14.9.